The molecule has 0 saturated carbocycles. The van der Waals surface area contributed by atoms with Gasteiger partial charge in [-0.2, -0.15) is 0 Å². The van der Waals surface area contributed by atoms with Gasteiger partial charge in [-0.25, -0.2) is 9.59 Å². The van der Waals surface area contributed by atoms with E-state index in [9.17, 15) is 28.8 Å². The first-order valence-corrected chi connectivity index (χ1v) is 12.2. The van der Waals surface area contributed by atoms with Gasteiger partial charge < -0.3 is 14.2 Å². The highest BCUT2D eigenvalue weighted by molar-refractivity contribution is 6.24. The average molecular weight is 541 g/mol. The van der Waals surface area contributed by atoms with Crippen molar-refractivity contribution >= 4 is 35.7 Å². The summed E-state index contributed by atoms with van der Waals surface area (Å²) in [6.07, 6.45) is 1.04. The molecule has 39 heavy (non-hydrogen) atoms. The van der Waals surface area contributed by atoms with Crippen molar-refractivity contribution < 1.29 is 43.0 Å². The molecule has 13 heteroatoms. The Morgan fingerprint density at radius 1 is 0.923 bits per heavy atom. The number of fused-ring (bicyclic) bond motifs is 2. The first kappa shape index (κ1) is 26.2. The van der Waals surface area contributed by atoms with Crippen LogP contribution in [-0.2, 0) is 25.6 Å². The third kappa shape index (κ3) is 3.00. The van der Waals surface area contributed by atoms with Gasteiger partial charge in [0.05, 0.1) is 7.11 Å². The summed E-state index contributed by atoms with van der Waals surface area (Å²) in [6, 6.07) is -0.0339. The molecule has 1 aliphatic carbocycles. The van der Waals surface area contributed by atoms with Gasteiger partial charge >= 0.3 is 12.1 Å². The van der Waals surface area contributed by atoms with Crippen LogP contribution in [0, 0.1) is 10.8 Å². The molecule has 1 atom stereocenters. The van der Waals surface area contributed by atoms with Gasteiger partial charge in [0.15, 0.2) is 11.5 Å². The normalized spacial score (nSPS) is 23.6. The molecule has 206 valence electrons. The van der Waals surface area contributed by atoms with Crippen LogP contribution in [0.4, 0.5) is 9.59 Å². The van der Waals surface area contributed by atoms with E-state index in [1.165, 1.54) is 41.4 Å². The summed E-state index contributed by atoms with van der Waals surface area (Å²) in [7, 11) is 6.29. The van der Waals surface area contributed by atoms with E-state index < -0.39 is 52.4 Å². The summed E-state index contributed by atoms with van der Waals surface area (Å²) in [6.45, 7) is 3.64. The average Bonchev–Trinajstić information content (AvgIpc) is 3.41. The lowest BCUT2D eigenvalue weighted by molar-refractivity contribution is -0.171. The number of aryl methyl sites for hydroxylation is 1. The topological polar surface area (TPSA) is 143 Å². The van der Waals surface area contributed by atoms with E-state index in [0.717, 1.165) is 19.6 Å². The molecule has 8 amide bonds. The minimum Gasteiger partial charge on any atom is -0.492 e. The van der Waals surface area contributed by atoms with Crippen LogP contribution >= 0.6 is 0 Å². The van der Waals surface area contributed by atoms with Crippen molar-refractivity contribution in [1.29, 1.82) is 0 Å². The van der Waals surface area contributed by atoms with Crippen molar-refractivity contribution in [3.63, 3.8) is 0 Å². The smallest absolute Gasteiger partial charge is 0.332 e. The zero-order valence-corrected chi connectivity index (χ0v) is 22.2. The van der Waals surface area contributed by atoms with Crippen LogP contribution in [-0.4, -0.2) is 97.4 Å². The van der Waals surface area contributed by atoms with Gasteiger partial charge in [-0.15, -0.1) is 6.58 Å². The fraction of sp³-hybridized carbons (Fsp3) is 0.462. The Morgan fingerprint density at radius 3 is 1.97 bits per heavy atom. The van der Waals surface area contributed by atoms with Gasteiger partial charge in [0, 0.05) is 39.7 Å². The molecule has 1 aromatic rings. The molecule has 0 unspecified atom stereocenters. The minimum absolute atomic E-state index is 0.0955. The van der Waals surface area contributed by atoms with Gasteiger partial charge in [0.2, 0.25) is 36.2 Å². The first-order valence-electron chi connectivity index (χ1n) is 12.2. The quantitative estimate of drug-likeness (QED) is 0.405. The number of urea groups is 2. The van der Waals surface area contributed by atoms with Gasteiger partial charge in [-0.05, 0) is 30.9 Å². The molecule has 1 spiro atoms. The van der Waals surface area contributed by atoms with Crippen molar-refractivity contribution in [2.75, 3.05) is 42.1 Å². The van der Waals surface area contributed by atoms with E-state index in [4.69, 9.17) is 14.2 Å². The summed E-state index contributed by atoms with van der Waals surface area (Å²) in [5.41, 5.74) is -3.46. The van der Waals surface area contributed by atoms with Crippen LogP contribution in [0.1, 0.15) is 29.9 Å². The summed E-state index contributed by atoms with van der Waals surface area (Å²) in [5, 5.41) is 0. The predicted octanol–water partition coefficient (Wildman–Crippen LogP) is 1.10. The standard InChI is InChI=1S/C26H28N4O9/c1-7-9-25(19(31)27(2)23(35)28(3)20(25)32)18-15-13(11-14-16(17(15)37-6)39-12-38-14)8-10-26(18)21(33)29(4)24(36)30(5)22(26)34/h7,11,18H,1,8-10,12H2,2-6H3/t18-/m1/s1. The van der Waals surface area contributed by atoms with Gasteiger partial charge in [-0.1, -0.05) is 6.08 Å². The molecule has 13 nitrogen and oxygen atoms in total. The maximum atomic E-state index is 14.2. The molecule has 3 aliphatic heterocycles. The summed E-state index contributed by atoms with van der Waals surface area (Å²) < 4.78 is 17.0. The molecular formula is C26H28N4O9. The Labute approximate surface area is 223 Å². The van der Waals surface area contributed by atoms with Crippen molar-refractivity contribution in [2.24, 2.45) is 10.8 Å². The van der Waals surface area contributed by atoms with Gasteiger partial charge in [0.1, 0.15) is 10.8 Å². The van der Waals surface area contributed by atoms with E-state index in [1.54, 1.807) is 6.07 Å². The highest BCUT2D eigenvalue weighted by Crippen LogP contribution is 2.64. The number of nitrogens with zero attached hydrogens (tertiary/aromatic N) is 4. The number of barbiturate groups is 2. The summed E-state index contributed by atoms with van der Waals surface area (Å²) in [5.74, 6) is -4.39. The molecule has 2 saturated heterocycles. The second-order valence-electron chi connectivity index (χ2n) is 10.1. The zero-order chi connectivity index (χ0) is 28.6. The second-order valence-corrected chi connectivity index (χ2v) is 10.1. The lowest BCUT2D eigenvalue weighted by Crippen LogP contribution is -2.72. The van der Waals surface area contributed by atoms with E-state index in [0.29, 0.717) is 11.3 Å². The van der Waals surface area contributed by atoms with Crippen LogP contribution in [0.2, 0.25) is 0 Å². The van der Waals surface area contributed by atoms with Crippen LogP contribution in [0.15, 0.2) is 18.7 Å². The van der Waals surface area contributed by atoms with E-state index in [2.05, 4.69) is 6.58 Å². The molecule has 2 fully saturated rings. The first-order chi connectivity index (χ1) is 18.4. The number of imide groups is 4. The molecule has 3 heterocycles. The molecule has 0 N–H and O–H groups in total. The Hall–Kier alpha value is -4.42. The monoisotopic (exact) mass is 540 g/mol. The van der Waals surface area contributed by atoms with Crippen LogP contribution < -0.4 is 14.2 Å². The van der Waals surface area contributed by atoms with Crippen LogP contribution in [0.25, 0.3) is 0 Å². The number of hydrogen-bond donors (Lipinski definition) is 0. The Morgan fingerprint density at radius 2 is 1.46 bits per heavy atom. The maximum absolute atomic E-state index is 14.2. The Bertz CT molecular complexity index is 1340. The third-order valence-corrected chi connectivity index (χ3v) is 8.37. The number of carbonyl (C=O) groups excluding carboxylic acids is 6. The fourth-order valence-electron chi connectivity index (χ4n) is 6.60. The van der Waals surface area contributed by atoms with Crippen molar-refractivity contribution in [2.45, 2.75) is 25.2 Å². The van der Waals surface area contributed by atoms with Crippen LogP contribution in [0.3, 0.4) is 0 Å². The molecule has 0 aromatic heterocycles. The SMILES string of the molecule is C=CCC1([C@H]2c3c(cc4c(c3OC)OCO4)CCC23C(=O)N(C)C(=O)N(C)C3=O)C(=O)N(C)C(=O)N(C)C1=O. The molecular weight excluding hydrogens is 512 g/mol. The fourth-order valence-corrected chi connectivity index (χ4v) is 6.60. The van der Waals surface area contributed by atoms with E-state index >= 15 is 0 Å². The number of hydrogen-bond acceptors (Lipinski definition) is 9. The van der Waals surface area contributed by atoms with Crippen molar-refractivity contribution in [3.8, 4) is 17.2 Å². The lowest BCUT2D eigenvalue weighted by Gasteiger charge is -2.55. The number of benzene rings is 1. The molecule has 0 bridgehead atoms. The van der Waals surface area contributed by atoms with Crippen molar-refractivity contribution in [1.82, 2.24) is 19.6 Å². The number of allylic oxidation sites excluding steroid dienone is 1. The number of rotatable bonds is 4. The molecule has 5 rings (SSSR count). The molecule has 0 radical (unpaired) electrons. The Kier molecular flexibility index (Phi) is 5.74. The number of amides is 8. The summed E-state index contributed by atoms with van der Waals surface area (Å²) in [4.78, 5) is 85.6. The Balaban J connectivity index is 1.94. The maximum Gasteiger partial charge on any atom is 0.332 e. The van der Waals surface area contributed by atoms with Crippen LogP contribution in [0.5, 0.6) is 17.2 Å². The van der Waals surface area contributed by atoms with Crippen molar-refractivity contribution in [3.05, 3.63) is 29.8 Å². The van der Waals surface area contributed by atoms with E-state index in [-0.39, 0.29) is 43.1 Å². The largest absolute Gasteiger partial charge is 0.492 e. The molecule has 4 aliphatic rings. The second kappa shape index (κ2) is 8.55. The van der Waals surface area contributed by atoms with E-state index in [1.807, 2.05) is 0 Å². The highest BCUT2D eigenvalue weighted by atomic mass is 16.7. The highest BCUT2D eigenvalue weighted by Gasteiger charge is 2.72. The number of carbonyl (C=O) groups is 6. The van der Waals surface area contributed by atoms with Gasteiger partial charge in [0.25, 0.3) is 0 Å². The third-order valence-electron chi connectivity index (χ3n) is 8.37. The zero-order valence-electron chi connectivity index (χ0n) is 22.2. The lowest BCUT2D eigenvalue weighted by atomic mass is 9.50. The van der Waals surface area contributed by atoms with Gasteiger partial charge in [-0.3, -0.25) is 38.8 Å². The number of ether oxygens (including phenoxy) is 3. The molecule has 1 aromatic carbocycles. The predicted molar refractivity (Wildman–Crippen MR) is 132 cm³/mol. The minimum atomic E-state index is -2.18. The number of methoxy groups -OCH3 is 1. The summed E-state index contributed by atoms with van der Waals surface area (Å²) >= 11 is 0.